The molecule has 0 amide bonds. The van der Waals surface area contributed by atoms with E-state index in [1.54, 1.807) is 23.9 Å². The number of hydrogen-bond donors (Lipinski definition) is 2. The average Bonchev–Trinajstić information content (AvgIpc) is 2.98. The average molecular weight is 379 g/mol. The Labute approximate surface area is 155 Å². The van der Waals surface area contributed by atoms with Crippen molar-refractivity contribution in [2.45, 2.75) is 17.8 Å². The molecule has 1 aromatic heterocycles. The number of thioether (sulfide) groups is 1. The maximum atomic E-state index is 9.81. The standard InChI is InChI=1S/C18H19ClN2O3S/c19-13-5-7-15(8-6-13)24-9-10-25-18-20-16-3-1-2-4-17(16)21(18)11-14(23)12-22/h1-8,14,22-23H,9-12H2. The molecule has 1 heterocycles. The van der Waals surface area contributed by atoms with Crippen LogP contribution in [0.5, 0.6) is 5.75 Å². The van der Waals surface area contributed by atoms with E-state index in [-0.39, 0.29) is 6.61 Å². The van der Waals surface area contributed by atoms with Crippen LogP contribution < -0.4 is 4.74 Å². The Morgan fingerprint density at radius 1 is 1.16 bits per heavy atom. The number of imidazole rings is 1. The lowest BCUT2D eigenvalue weighted by molar-refractivity contribution is 0.0802. The predicted octanol–water partition coefficient (Wildman–Crippen LogP) is 3.21. The zero-order valence-electron chi connectivity index (χ0n) is 13.5. The van der Waals surface area contributed by atoms with Gasteiger partial charge in [-0.2, -0.15) is 0 Å². The van der Waals surface area contributed by atoms with Crippen LogP contribution in [-0.4, -0.2) is 44.8 Å². The molecule has 0 radical (unpaired) electrons. The normalized spacial score (nSPS) is 12.4. The molecule has 0 fully saturated rings. The van der Waals surface area contributed by atoms with Crippen LogP contribution in [-0.2, 0) is 6.54 Å². The zero-order valence-corrected chi connectivity index (χ0v) is 15.1. The minimum absolute atomic E-state index is 0.281. The van der Waals surface area contributed by atoms with Gasteiger partial charge < -0.3 is 19.5 Å². The van der Waals surface area contributed by atoms with Crippen molar-refractivity contribution in [2.75, 3.05) is 19.0 Å². The van der Waals surface area contributed by atoms with E-state index in [9.17, 15) is 5.11 Å². The quantitative estimate of drug-likeness (QED) is 0.465. The second-order valence-corrected chi connectivity index (χ2v) is 6.98. The van der Waals surface area contributed by atoms with Gasteiger partial charge in [-0.3, -0.25) is 0 Å². The molecule has 3 aromatic rings. The minimum Gasteiger partial charge on any atom is -0.493 e. The molecule has 3 rings (SSSR count). The molecule has 1 unspecified atom stereocenters. The van der Waals surface area contributed by atoms with E-state index in [1.807, 2.05) is 41.0 Å². The van der Waals surface area contributed by atoms with Gasteiger partial charge in [0.2, 0.25) is 0 Å². The summed E-state index contributed by atoms with van der Waals surface area (Å²) in [6.07, 6.45) is -0.817. The van der Waals surface area contributed by atoms with Gasteiger partial charge in [0.25, 0.3) is 0 Å². The van der Waals surface area contributed by atoms with E-state index in [1.165, 1.54) is 0 Å². The Morgan fingerprint density at radius 3 is 2.68 bits per heavy atom. The van der Waals surface area contributed by atoms with Gasteiger partial charge in [0.1, 0.15) is 5.75 Å². The third kappa shape index (κ3) is 4.67. The summed E-state index contributed by atoms with van der Waals surface area (Å²) in [6.45, 7) is 0.547. The number of nitrogens with zero attached hydrogens (tertiary/aromatic N) is 2. The van der Waals surface area contributed by atoms with E-state index < -0.39 is 6.10 Å². The number of para-hydroxylation sites is 2. The molecule has 2 aromatic carbocycles. The number of ether oxygens (including phenoxy) is 1. The van der Waals surface area contributed by atoms with Crippen molar-refractivity contribution in [1.82, 2.24) is 9.55 Å². The lowest BCUT2D eigenvalue weighted by atomic mass is 10.3. The molecule has 0 saturated heterocycles. The summed E-state index contributed by atoms with van der Waals surface area (Å²) >= 11 is 7.41. The number of fused-ring (bicyclic) bond motifs is 1. The fourth-order valence-corrected chi connectivity index (χ4v) is 3.40. The van der Waals surface area contributed by atoms with Gasteiger partial charge in [-0.15, -0.1) is 0 Å². The molecular formula is C18H19ClN2O3S. The van der Waals surface area contributed by atoms with Crippen LogP contribution in [0.1, 0.15) is 0 Å². The summed E-state index contributed by atoms with van der Waals surface area (Å²) in [5.41, 5.74) is 1.81. The topological polar surface area (TPSA) is 67.5 Å². The van der Waals surface area contributed by atoms with Crippen molar-refractivity contribution in [3.05, 3.63) is 53.6 Å². The highest BCUT2D eigenvalue weighted by atomic mass is 35.5. The second-order valence-electron chi connectivity index (χ2n) is 5.48. The van der Waals surface area contributed by atoms with Gasteiger partial charge in [-0.05, 0) is 36.4 Å². The fourth-order valence-electron chi connectivity index (χ4n) is 2.43. The number of rotatable bonds is 8. The first-order chi connectivity index (χ1) is 12.2. The van der Waals surface area contributed by atoms with E-state index >= 15 is 0 Å². The summed E-state index contributed by atoms with van der Waals surface area (Å²) < 4.78 is 7.63. The lowest BCUT2D eigenvalue weighted by Gasteiger charge is -2.12. The van der Waals surface area contributed by atoms with Gasteiger partial charge in [0.15, 0.2) is 5.16 Å². The highest BCUT2D eigenvalue weighted by Crippen LogP contribution is 2.25. The number of halogens is 1. The monoisotopic (exact) mass is 378 g/mol. The second kappa shape index (κ2) is 8.58. The Hall–Kier alpha value is -1.73. The molecule has 0 aliphatic carbocycles. The molecular weight excluding hydrogens is 360 g/mol. The van der Waals surface area contributed by atoms with Gasteiger partial charge in [-0.25, -0.2) is 4.98 Å². The zero-order chi connectivity index (χ0) is 17.6. The number of aliphatic hydroxyl groups is 2. The maximum Gasteiger partial charge on any atom is 0.169 e. The summed E-state index contributed by atoms with van der Waals surface area (Å²) in [6, 6.07) is 15.0. The Morgan fingerprint density at radius 2 is 1.92 bits per heavy atom. The van der Waals surface area contributed by atoms with Crippen molar-refractivity contribution < 1.29 is 14.9 Å². The van der Waals surface area contributed by atoms with Crippen LogP contribution in [0, 0.1) is 0 Å². The molecule has 25 heavy (non-hydrogen) atoms. The molecule has 1 atom stereocenters. The van der Waals surface area contributed by atoms with Gasteiger partial charge >= 0.3 is 0 Å². The molecule has 0 spiro atoms. The van der Waals surface area contributed by atoms with Crippen molar-refractivity contribution in [3.63, 3.8) is 0 Å². The lowest BCUT2D eigenvalue weighted by Crippen LogP contribution is -2.20. The summed E-state index contributed by atoms with van der Waals surface area (Å²) in [4.78, 5) is 4.62. The summed E-state index contributed by atoms with van der Waals surface area (Å²) in [5.74, 6) is 1.48. The van der Waals surface area contributed by atoms with Crippen LogP contribution in [0.4, 0.5) is 0 Å². The first-order valence-corrected chi connectivity index (χ1v) is 9.29. The first kappa shape index (κ1) is 18.1. The predicted molar refractivity (Wildman–Crippen MR) is 100 cm³/mol. The van der Waals surface area contributed by atoms with Gasteiger partial charge in [0.05, 0.1) is 36.9 Å². The molecule has 0 saturated carbocycles. The van der Waals surface area contributed by atoms with Crippen LogP contribution in [0.25, 0.3) is 11.0 Å². The molecule has 0 bridgehead atoms. The fraction of sp³-hybridized carbons (Fsp3) is 0.278. The summed E-state index contributed by atoms with van der Waals surface area (Å²) in [5, 5.41) is 20.4. The van der Waals surface area contributed by atoms with E-state index in [2.05, 4.69) is 4.98 Å². The molecule has 0 aliphatic heterocycles. The third-order valence-corrected chi connectivity index (χ3v) is 4.81. The van der Waals surface area contributed by atoms with Crippen molar-refractivity contribution in [3.8, 4) is 5.75 Å². The molecule has 7 heteroatoms. The van der Waals surface area contributed by atoms with E-state index in [0.29, 0.717) is 23.9 Å². The largest absolute Gasteiger partial charge is 0.493 e. The number of benzene rings is 2. The van der Waals surface area contributed by atoms with Crippen molar-refractivity contribution in [2.24, 2.45) is 0 Å². The highest BCUT2D eigenvalue weighted by molar-refractivity contribution is 7.99. The number of aliphatic hydroxyl groups excluding tert-OH is 2. The Balaban J connectivity index is 1.65. The Bertz CT molecular complexity index is 823. The van der Waals surface area contributed by atoms with Gasteiger partial charge in [-0.1, -0.05) is 35.5 Å². The first-order valence-electron chi connectivity index (χ1n) is 7.92. The SMILES string of the molecule is OCC(O)Cn1c(SCCOc2ccc(Cl)cc2)nc2ccccc21. The van der Waals surface area contributed by atoms with E-state index in [4.69, 9.17) is 21.4 Å². The number of aromatic nitrogens is 2. The van der Waals surface area contributed by atoms with E-state index in [0.717, 1.165) is 21.9 Å². The van der Waals surface area contributed by atoms with Crippen LogP contribution in [0.2, 0.25) is 5.02 Å². The summed E-state index contributed by atoms with van der Waals surface area (Å²) in [7, 11) is 0. The maximum absolute atomic E-state index is 9.81. The number of hydrogen-bond acceptors (Lipinski definition) is 5. The van der Waals surface area contributed by atoms with Crippen molar-refractivity contribution >= 4 is 34.4 Å². The minimum atomic E-state index is -0.817. The molecule has 2 N–H and O–H groups in total. The highest BCUT2D eigenvalue weighted by Gasteiger charge is 2.14. The smallest absolute Gasteiger partial charge is 0.169 e. The van der Waals surface area contributed by atoms with Crippen molar-refractivity contribution in [1.29, 1.82) is 0 Å². The molecule has 0 aliphatic rings. The van der Waals surface area contributed by atoms with Crippen LogP contribution in [0.15, 0.2) is 53.7 Å². The Kier molecular flexibility index (Phi) is 6.20. The van der Waals surface area contributed by atoms with Crippen LogP contribution >= 0.6 is 23.4 Å². The van der Waals surface area contributed by atoms with Crippen LogP contribution in [0.3, 0.4) is 0 Å². The molecule has 132 valence electrons. The van der Waals surface area contributed by atoms with Gasteiger partial charge in [0, 0.05) is 10.8 Å². The third-order valence-electron chi connectivity index (χ3n) is 3.62. The molecule has 5 nitrogen and oxygen atoms in total.